The number of rotatable bonds is 4. The Balaban J connectivity index is 2.75. The molecule has 0 aliphatic heterocycles. The molecule has 4 N–H and O–H groups in total. The van der Waals surface area contributed by atoms with Gasteiger partial charge in [0, 0.05) is 12.2 Å². The third kappa shape index (κ3) is 3.10. The van der Waals surface area contributed by atoms with E-state index < -0.39 is 12.0 Å². The summed E-state index contributed by atoms with van der Waals surface area (Å²) < 4.78 is 4.96. The molecule has 6 heteroatoms. The number of carbonyl (C=O) groups is 1. The van der Waals surface area contributed by atoms with Crippen molar-refractivity contribution in [3.05, 3.63) is 23.2 Å². The van der Waals surface area contributed by atoms with E-state index in [1.54, 1.807) is 12.1 Å². The van der Waals surface area contributed by atoms with Gasteiger partial charge in [0.05, 0.1) is 12.1 Å². The van der Waals surface area contributed by atoms with Gasteiger partial charge in [-0.05, 0) is 18.2 Å². The number of methoxy groups -OCH3 is 1. The number of carbonyl (C=O) groups excluding carboxylic acids is 1. The molecule has 0 saturated carbocycles. The monoisotopic (exact) mass is 244 g/mol. The highest BCUT2D eigenvalue weighted by Crippen LogP contribution is 2.27. The number of hydrogen-bond donors (Lipinski definition) is 3. The summed E-state index contributed by atoms with van der Waals surface area (Å²) in [6.45, 7) is -0.129. The van der Waals surface area contributed by atoms with E-state index in [9.17, 15) is 4.79 Å². The number of nitrogens with one attached hydrogen (secondary N) is 1. The van der Waals surface area contributed by atoms with Crippen LogP contribution in [0.3, 0.4) is 0 Å². The molecule has 0 aromatic heterocycles. The second-order valence-corrected chi connectivity index (χ2v) is 3.50. The van der Waals surface area contributed by atoms with Gasteiger partial charge in [-0.3, -0.25) is 4.79 Å². The largest absolute Gasteiger partial charge is 0.495 e. The Labute approximate surface area is 98.2 Å². The molecular weight excluding hydrogens is 232 g/mol. The summed E-state index contributed by atoms with van der Waals surface area (Å²) in [5, 5.41) is 12.0. The summed E-state index contributed by atoms with van der Waals surface area (Å²) in [5.74, 6) is -0.0530. The van der Waals surface area contributed by atoms with Gasteiger partial charge in [0.25, 0.3) is 5.91 Å². The maximum Gasteiger partial charge on any atom is 0.254 e. The van der Waals surface area contributed by atoms with Crippen LogP contribution in [0, 0.1) is 0 Å². The lowest BCUT2D eigenvalue weighted by Gasteiger charge is -2.10. The maximum atomic E-state index is 11.3. The molecule has 1 aromatic carbocycles. The summed E-state index contributed by atoms with van der Waals surface area (Å²) in [5.41, 5.74) is 5.62. The van der Waals surface area contributed by atoms with Crippen LogP contribution in [-0.4, -0.2) is 30.8 Å². The van der Waals surface area contributed by atoms with Gasteiger partial charge < -0.3 is 20.9 Å². The van der Waals surface area contributed by atoms with Gasteiger partial charge in [-0.1, -0.05) is 11.6 Å². The lowest BCUT2D eigenvalue weighted by atomic mass is 10.2. The fraction of sp³-hybridized carbons (Fsp3) is 0.300. The molecule has 0 aliphatic carbocycles. The first-order chi connectivity index (χ1) is 7.58. The van der Waals surface area contributed by atoms with Gasteiger partial charge in [0.15, 0.2) is 0 Å². The molecule has 1 amide bonds. The third-order valence-corrected chi connectivity index (χ3v) is 2.24. The summed E-state index contributed by atoms with van der Waals surface area (Å²) in [7, 11) is 1.50. The van der Waals surface area contributed by atoms with Crippen LogP contribution >= 0.6 is 11.6 Å². The van der Waals surface area contributed by atoms with Crippen molar-refractivity contribution in [3.8, 4) is 5.75 Å². The molecule has 0 heterocycles. The van der Waals surface area contributed by atoms with E-state index in [1.165, 1.54) is 13.2 Å². The number of halogens is 1. The van der Waals surface area contributed by atoms with Crippen LogP contribution in [0.5, 0.6) is 5.75 Å². The highest BCUT2D eigenvalue weighted by molar-refractivity contribution is 6.32. The van der Waals surface area contributed by atoms with Crippen molar-refractivity contribution in [1.82, 2.24) is 0 Å². The number of hydrogen-bond acceptors (Lipinski definition) is 4. The second-order valence-electron chi connectivity index (χ2n) is 3.09. The van der Waals surface area contributed by atoms with Gasteiger partial charge in [-0.15, -0.1) is 0 Å². The minimum atomic E-state index is -1.22. The number of nitrogens with two attached hydrogens (primary N) is 1. The van der Waals surface area contributed by atoms with E-state index in [1.807, 2.05) is 0 Å². The molecule has 1 aromatic rings. The molecule has 1 atom stereocenters. The van der Waals surface area contributed by atoms with Crippen molar-refractivity contribution in [2.75, 3.05) is 19.0 Å². The molecule has 88 valence electrons. The van der Waals surface area contributed by atoms with Crippen molar-refractivity contribution in [1.29, 1.82) is 0 Å². The van der Waals surface area contributed by atoms with E-state index in [2.05, 4.69) is 5.32 Å². The Morgan fingerprint density at radius 1 is 1.69 bits per heavy atom. The summed E-state index contributed by atoms with van der Waals surface area (Å²) >= 11 is 5.86. The van der Waals surface area contributed by atoms with Crippen LogP contribution in [0.2, 0.25) is 5.02 Å². The van der Waals surface area contributed by atoms with Crippen LogP contribution in [0.1, 0.15) is 0 Å². The van der Waals surface area contributed by atoms with Crippen LogP contribution < -0.4 is 15.8 Å². The predicted molar refractivity (Wildman–Crippen MR) is 61.7 cm³/mol. The molecule has 0 radical (unpaired) electrons. The molecule has 5 nitrogen and oxygen atoms in total. The van der Waals surface area contributed by atoms with Crippen molar-refractivity contribution < 1.29 is 14.6 Å². The quantitative estimate of drug-likeness (QED) is 0.724. The molecular formula is C10H13ClN2O3. The molecule has 0 spiro atoms. The highest BCUT2D eigenvalue weighted by Gasteiger charge is 2.13. The maximum absolute atomic E-state index is 11.3. The number of ether oxygens (including phenoxy) is 1. The number of aliphatic hydroxyl groups excluding tert-OH is 1. The Morgan fingerprint density at radius 3 is 2.88 bits per heavy atom. The zero-order valence-corrected chi connectivity index (χ0v) is 9.49. The van der Waals surface area contributed by atoms with E-state index in [4.69, 9.17) is 27.2 Å². The van der Waals surface area contributed by atoms with Gasteiger partial charge in [-0.25, -0.2) is 0 Å². The predicted octanol–water partition coefficient (Wildman–Crippen LogP) is 0.607. The SMILES string of the molecule is COc1ccc(NC(=O)C(O)CN)cc1Cl. The summed E-state index contributed by atoms with van der Waals surface area (Å²) in [6, 6.07) is 4.76. The van der Waals surface area contributed by atoms with Gasteiger partial charge in [-0.2, -0.15) is 0 Å². The average Bonchev–Trinajstić information content (AvgIpc) is 2.28. The van der Waals surface area contributed by atoms with Crippen molar-refractivity contribution >= 4 is 23.2 Å². The fourth-order valence-corrected chi connectivity index (χ4v) is 1.33. The Hall–Kier alpha value is -1.30. The number of anilines is 1. The zero-order chi connectivity index (χ0) is 12.1. The molecule has 16 heavy (non-hydrogen) atoms. The van der Waals surface area contributed by atoms with E-state index >= 15 is 0 Å². The normalized spacial score (nSPS) is 12.0. The lowest BCUT2D eigenvalue weighted by Crippen LogP contribution is -2.34. The Bertz CT molecular complexity index is 384. The third-order valence-electron chi connectivity index (χ3n) is 1.95. The topological polar surface area (TPSA) is 84.6 Å². The molecule has 1 rings (SSSR count). The summed E-state index contributed by atoms with van der Waals surface area (Å²) in [6.07, 6.45) is -1.22. The minimum absolute atomic E-state index is 0.129. The van der Waals surface area contributed by atoms with Crippen LogP contribution in [-0.2, 0) is 4.79 Å². The number of aliphatic hydroxyl groups is 1. The molecule has 1 unspecified atom stereocenters. The summed E-state index contributed by atoms with van der Waals surface area (Å²) in [4.78, 5) is 11.3. The van der Waals surface area contributed by atoms with Crippen molar-refractivity contribution in [3.63, 3.8) is 0 Å². The van der Waals surface area contributed by atoms with Gasteiger partial charge in [0.1, 0.15) is 11.9 Å². The van der Waals surface area contributed by atoms with Crippen LogP contribution in [0.4, 0.5) is 5.69 Å². The number of benzene rings is 1. The van der Waals surface area contributed by atoms with Crippen LogP contribution in [0.15, 0.2) is 18.2 Å². The van der Waals surface area contributed by atoms with Crippen molar-refractivity contribution in [2.24, 2.45) is 5.73 Å². The van der Waals surface area contributed by atoms with Gasteiger partial charge in [0.2, 0.25) is 0 Å². The Morgan fingerprint density at radius 2 is 2.38 bits per heavy atom. The molecule has 0 saturated heterocycles. The first-order valence-corrected chi connectivity index (χ1v) is 4.98. The van der Waals surface area contributed by atoms with Gasteiger partial charge >= 0.3 is 0 Å². The minimum Gasteiger partial charge on any atom is -0.495 e. The highest BCUT2D eigenvalue weighted by atomic mass is 35.5. The first kappa shape index (κ1) is 12.8. The standard InChI is InChI=1S/C10H13ClN2O3/c1-16-9-3-2-6(4-7(9)11)13-10(15)8(14)5-12/h2-4,8,14H,5,12H2,1H3,(H,13,15). The fourth-order valence-electron chi connectivity index (χ4n) is 1.08. The van der Waals surface area contributed by atoms with Crippen LogP contribution in [0.25, 0.3) is 0 Å². The molecule has 0 fully saturated rings. The Kier molecular flexibility index (Phi) is 4.54. The van der Waals surface area contributed by atoms with Crippen molar-refractivity contribution in [2.45, 2.75) is 6.10 Å². The smallest absolute Gasteiger partial charge is 0.254 e. The molecule has 0 bridgehead atoms. The van der Waals surface area contributed by atoms with E-state index in [0.717, 1.165) is 0 Å². The van der Waals surface area contributed by atoms with E-state index in [-0.39, 0.29) is 6.54 Å². The zero-order valence-electron chi connectivity index (χ0n) is 8.74. The van der Waals surface area contributed by atoms with E-state index in [0.29, 0.717) is 16.5 Å². The molecule has 0 aliphatic rings. The average molecular weight is 245 g/mol. The lowest BCUT2D eigenvalue weighted by molar-refractivity contribution is -0.123. The number of amides is 1. The first-order valence-electron chi connectivity index (χ1n) is 4.61. The second kappa shape index (κ2) is 5.69.